The molecule has 90 valence electrons. The number of hydrogen-bond donors (Lipinski definition) is 1. The molecule has 2 amide bonds. The smallest absolute Gasteiger partial charge is 0.235 e. The summed E-state index contributed by atoms with van der Waals surface area (Å²) in [7, 11) is 0. The minimum Gasteiger partial charge on any atom is -0.508 e. The van der Waals surface area contributed by atoms with Crippen LogP contribution >= 0.6 is 0 Å². The Morgan fingerprint density at radius 1 is 1.35 bits per heavy atom. The van der Waals surface area contributed by atoms with Crippen molar-refractivity contribution in [3.63, 3.8) is 0 Å². The van der Waals surface area contributed by atoms with Crippen LogP contribution in [0.4, 0.5) is 0 Å². The summed E-state index contributed by atoms with van der Waals surface area (Å²) in [6.07, 6.45) is 0.255. The lowest BCUT2D eigenvalue weighted by molar-refractivity contribution is -0.141. The average molecular weight is 233 g/mol. The van der Waals surface area contributed by atoms with Crippen molar-refractivity contribution < 1.29 is 14.7 Å². The number of phenols is 1. The first kappa shape index (κ1) is 11.6. The molecule has 0 atom stereocenters. The number of imide groups is 1. The molecule has 4 nitrogen and oxygen atoms in total. The number of benzene rings is 1. The van der Waals surface area contributed by atoms with Gasteiger partial charge < -0.3 is 5.11 Å². The van der Waals surface area contributed by atoms with E-state index in [1.54, 1.807) is 38.1 Å². The molecule has 0 aliphatic carbocycles. The van der Waals surface area contributed by atoms with E-state index in [9.17, 15) is 14.7 Å². The molecule has 1 N–H and O–H groups in total. The molecular formula is C13H15NO3. The first-order valence-electron chi connectivity index (χ1n) is 5.53. The molecule has 0 aromatic heterocycles. The molecule has 17 heavy (non-hydrogen) atoms. The van der Waals surface area contributed by atoms with Crippen molar-refractivity contribution in [1.29, 1.82) is 0 Å². The molecule has 1 aromatic rings. The van der Waals surface area contributed by atoms with Crippen LogP contribution in [0.3, 0.4) is 0 Å². The standard InChI is InChI=1S/C13H15NO3/c1-13(2)7-11(16)14(12(13)17)8-9-4-3-5-10(15)6-9/h3-6,15H,7-8H2,1-2H3. The van der Waals surface area contributed by atoms with Gasteiger partial charge in [-0.25, -0.2) is 0 Å². The first-order valence-corrected chi connectivity index (χ1v) is 5.53. The van der Waals surface area contributed by atoms with Gasteiger partial charge in [-0.15, -0.1) is 0 Å². The zero-order valence-electron chi connectivity index (χ0n) is 9.93. The number of rotatable bonds is 2. The van der Waals surface area contributed by atoms with E-state index < -0.39 is 5.41 Å². The summed E-state index contributed by atoms with van der Waals surface area (Å²) >= 11 is 0. The van der Waals surface area contributed by atoms with Crippen molar-refractivity contribution in [3.05, 3.63) is 29.8 Å². The Morgan fingerprint density at radius 3 is 2.59 bits per heavy atom. The second-order valence-corrected chi connectivity index (χ2v) is 5.02. The summed E-state index contributed by atoms with van der Waals surface area (Å²) in [4.78, 5) is 25.0. The van der Waals surface area contributed by atoms with E-state index in [2.05, 4.69) is 0 Å². The normalized spacial score (nSPS) is 18.8. The van der Waals surface area contributed by atoms with Crippen molar-refractivity contribution >= 4 is 11.8 Å². The lowest BCUT2D eigenvalue weighted by Gasteiger charge is -2.17. The highest BCUT2D eigenvalue weighted by Crippen LogP contribution is 2.32. The Labute approximate surface area is 99.9 Å². The number of aromatic hydroxyl groups is 1. The van der Waals surface area contributed by atoms with Crippen molar-refractivity contribution in [1.82, 2.24) is 4.90 Å². The fourth-order valence-corrected chi connectivity index (χ4v) is 2.03. The Bertz CT molecular complexity index is 479. The van der Waals surface area contributed by atoms with Gasteiger partial charge in [0.25, 0.3) is 0 Å². The Hall–Kier alpha value is -1.84. The molecule has 2 rings (SSSR count). The van der Waals surface area contributed by atoms with Gasteiger partial charge in [0.1, 0.15) is 5.75 Å². The number of carbonyl (C=O) groups excluding carboxylic acids is 2. The number of phenolic OH excluding ortho intramolecular Hbond substituents is 1. The SMILES string of the molecule is CC1(C)CC(=O)N(Cc2cccc(O)c2)C1=O. The summed E-state index contributed by atoms with van der Waals surface area (Å²) in [5.41, 5.74) is 0.151. The molecule has 0 unspecified atom stereocenters. The van der Waals surface area contributed by atoms with Gasteiger partial charge in [0.15, 0.2) is 0 Å². The lowest BCUT2D eigenvalue weighted by atomic mass is 9.92. The van der Waals surface area contributed by atoms with Gasteiger partial charge in [0, 0.05) is 6.42 Å². The van der Waals surface area contributed by atoms with E-state index in [0.717, 1.165) is 5.56 Å². The van der Waals surface area contributed by atoms with Crippen LogP contribution in [0.5, 0.6) is 5.75 Å². The molecule has 1 heterocycles. The molecule has 4 heteroatoms. The third kappa shape index (κ3) is 2.16. The van der Waals surface area contributed by atoms with Crippen LogP contribution in [-0.2, 0) is 16.1 Å². The monoisotopic (exact) mass is 233 g/mol. The maximum Gasteiger partial charge on any atom is 0.235 e. The molecule has 0 bridgehead atoms. The Balaban J connectivity index is 2.20. The fourth-order valence-electron chi connectivity index (χ4n) is 2.03. The maximum absolute atomic E-state index is 12.0. The van der Waals surface area contributed by atoms with Crippen molar-refractivity contribution in [2.75, 3.05) is 0 Å². The minimum absolute atomic E-state index is 0.140. The Morgan fingerprint density at radius 2 is 2.06 bits per heavy atom. The van der Waals surface area contributed by atoms with Gasteiger partial charge >= 0.3 is 0 Å². The summed E-state index contributed by atoms with van der Waals surface area (Å²) in [5, 5.41) is 9.33. The highest BCUT2D eigenvalue weighted by Gasteiger charge is 2.44. The molecule has 0 radical (unpaired) electrons. The van der Waals surface area contributed by atoms with Gasteiger partial charge in [-0.2, -0.15) is 0 Å². The number of likely N-dealkylation sites (tertiary alicyclic amines) is 1. The van der Waals surface area contributed by atoms with E-state index in [-0.39, 0.29) is 30.5 Å². The third-order valence-electron chi connectivity index (χ3n) is 2.97. The van der Waals surface area contributed by atoms with E-state index in [1.807, 2.05) is 0 Å². The summed E-state index contributed by atoms with van der Waals surface area (Å²) < 4.78 is 0. The molecule has 0 spiro atoms. The fraction of sp³-hybridized carbons (Fsp3) is 0.385. The molecular weight excluding hydrogens is 218 g/mol. The van der Waals surface area contributed by atoms with Crippen LogP contribution in [0, 0.1) is 5.41 Å². The summed E-state index contributed by atoms with van der Waals surface area (Å²) in [5.74, 6) is -0.157. The molecule has 1 saturated heterocycles. The topological polar surface area (TPSA) is 57.6 Å². The molecule has 1 aliphatic rings. The van der Waals surface area contributed by atoms with Crippen LogP contribution in [0.1, 0.15) is 25.8 Å². The number of amides is 2. The molecule has 1 aliphatic heterocycles. The summed E-state index contributed by atoms with van der Waals surface area (Å²) in [6.45, 7) is 3.78. The van der Waals surface area contributed by atoms with E-state index in [4.69, 9.17) is 0 Å². The van der Waals surface area contributed by atoms with Crippen molar-refractivity contribution in [3.8, 4) is 5.75 Å². The second kappa shape index (κ2) is 3.87. The van der Waals surface area contributed by atoms with Gasteiger partial charge in [-0.1, -0.05) is 26.0 Å². The lowest BCUT2D eigenvalue weighted by Crippen LogP contribution is -2.32. The van der Waals surface area contributed by atoms with E-state index in [1.165, 1.54) is 4.90 Å². The molecule has 1 aromatic carbocycles. The highest BCUT2D eigenvalue weighted by atomic mass is 16.3. The van der Waals surface area contributed by atoms with Gasteiger partial charge in [-0.3, -0.25) is 14.5 Å². The van der Waals surface area contributed by atoms with Crippen LogP contribution < -0.4 is 0 Å². The third-order valence-corrected chi connectivity index (χ3v) is 2.97. The largest absolute Gasteiger partial charge is 0.508 e. The van der Waals surface area contributed by atoms with E-state index in [0.29, 0.717) is 0 Å². The van der Waals surface area contributed by atoms with Gasteiger partial charge in [0.2, 0.25) is 11.8 Å². The van der Waals surface area contributed by atoms with Crippen molar-refractivity contribution in [2.45, 2.75) is 26.8 Å². The van der Waals surface area contributed by atoms with Gasteiger partial charge in [-0.05, 0) is 17.7 Å². The highest BCUT2D eigenvalue weighted by molar-refractivity contribution is 6.05. The zero-order chi connectivity index (χ0) is 12.6. The van der Waals surface area contributed by atoms with Crippen LogP contribution in [0.15, 0.2) is 24.3 Å². The first-order chi connectivity index (χ1) is 7.90. The predicted octanol–water partition coefficient (Wildman–Crippen LogP) is 1.68. The Kier molecular flexibility index (Phi) is 2.65. The number of hydrogen-bond acceptors (Lipinski definition) is 3. The van der Waals surface area contributed by atoms with Crippen LogP contribution in [-0.4, -0.2) is 21.8 Å². The minimum atomic E-state index is -0.603. The van der Waals surface area contributed by atoms with Gasteiger partial charge in [0.05, 0.1) is 12.0 Å². The van der Waals surface area contributed by atoms with Crippen LogP contribution in [0.25, 0.3) is 0 Å². The molecule has 1 fully saturated rings. The quantitative estimate of drug-likeness (QED) is 0.790. The zero-order valence-corrected chi connectivity index (χ0v) is 9.93. The van der Waals surface area contributed by atoms with Crippen molar-refractivity contribution in [2.24, 2.45) is 5.41 Å². The average Bonchev–Trinajstić information content (AvgIpc) is 2.41. The number of carbonyl (C=O) groups is 2. The maximum atomic E-state index is 12.0. The van der Waals surface area contributed by atoms with E-state index >= 15 is 0 Å². The summed E-state index contributed by atoms with van der Waals surface area (Å²) in [6, 6.07) is 6.60. The van der Waals surface area contributed by atoms with Crippen LogP contribution in [0.2, 0.25) is 0 Å². The molecule has 0 saturated carbocycles. The predicted molar refractivity (Wildman–Crippen MR) is 62.1 cm³/mol. The second-order valence-electron chi connectivity index (χ2n) is 5.02. The number of nitrogens with zero attached hydrogens (tertiary/aromatic N) is 1.